The molecule has 1 aromatic heterocycles. The molecule has 6 nitrogen and oxygen atoms in total. The Morgan fingerprint density at radius 3 is 2.70 bits per heavy atom. The summed E-state index contributed by atoms with van der Waals surface area (Å²) in [5, 5.41) is 5.67. The van der Waals surface area contributed by atoms with E-state index in [4.69, 9.17) is 0 Å². The number of likely N-dealkylation sites (tertiary alicyclic amines) is 1. The Labute approximate surface area is 118 Å². The van der Waals surface area contributed by atoms with Crippen molar-refractivity contribution in [1.29, 1.82) is 0 Å². The Morgan fingerprint density at radius 2 is 2.05 bits per heavy atom. The minimum atomic E-state index is -0.515. The smallest absolute Gasteiger partial charge is 0.254 e. The van der Waals surface area contributed by atoms with Crippen molar-refractivity contribution >= 4 is 17.5 Å². The third-order valence-electron chi connectivity index (χ3n) is 3.47. The lowest BCUT2D eigenvalue weighted by Gasteiger charge is -2.21. The second kappa shape index (κ2) is 6.36. The molecule has 20 heavy (non-hydrogen) atoms. The van der Waals surface area contributed by atoms with Crippen LogP contribution in [0.5, 0.6) is 0 Å². The van der Waals surface area contributed by atoms with E-state index in [2.05, 4.69) is 15.6 Å². The van der Waals surface area contributed by atoms with Gasteiger partial charge in [-0.3, -0.25) is 14.6 Å². The van der Waals surface area contributed by atoms with Gasteiger partial charge in [0, 0.05) is 26.3 Å². The van der Waals surface area contributed by atoms with Crippen LogP contribution >= 0.6 is 0 Å². The molecular formula is C14H20N4O2. The monoisotopic (exact) mass is 276 g/mol. The van der Waals surface area contributed by atoms with Gasteiger partial charge >= 0.3 is 0 Å². The highest BCUT2D eigenvalue weighted by Crippen LogP contribution is 2.13. The van der Waals surface area contributed by atoms with E-state index in [0.29, 0.717) is 11.3 Å². The van der Waals surface area contributed by atoms with Gasteiger partial charge in [-0.25, -0.2) is 0 Å². The molecule has 6 heteroatoms. The molecule has 1 unspecified atom stereocenters. The van der Waals surface area contributed by atoms with E-state index in [1.165, 1.54) is 0 Å². The second-order valence-electron chi connectivity index (χ2n) is 4.90. The van der Waals surface area contributed by atoms with Gasteiger partial charge < -0.3 is 15.5 Å². The summed E-state index contributed by atoms with van der Waals surface area (Å²) in [4.78, 5) is 30.1. The average Bonchev–Trinajstić information content (AvgIpc) is 3.00. The standard InChI is InChI=1S/C14H20N4O2/c1-10(14(20)18-7-3-4-8-18)17-13(19)11-5-6-16-9-12(11)15-2/h5-6,9-10,15H,3-4,7-8H2,1-2H3,(H,17,19). The van der Waals surface area contributed by atoms with Crippen molar-refractivity contribution in [1.82, 2.24) is 15.2 Å². The number of hydrogen-bond donors (Lipinski definition) is 2. The number of amides is 2. The van der Waals surface area contributed by atoms with Gasteiger partial charge in [-0.1, -0.05) is 0 Å². The van der Waals surface area contributed by atoms with Crippen LogP contribution in [0.1, 0.15) is 30.1 Å². The van der Waals surface area contributed by atoms with E-state index >= 15 is 0 Å². The van der Waals surface area contributed by atoms with E-state index in [9.17, 15) is 9.59 Å². The fourth-order valence-corrected chi connectivity index (χ4v) is 2.34. The molecule has 2 heterocycles. The molecule has 1 aromatic rings. The maximum atomic E-state index is 12.2. The first-order chi connectivity index (χ1) is 9.63. The predicted octanol–water partition coefficient (Wildman–Crippen LogP) is 0.864. The van der Waals surface area contributed by atoms with Crippen LogP contribution < -0.4 is 10.6 Å². The molecule has 0 aromatic carbocycles. The summed E-state index contributed by atoms with van der Waals surface area (Å²) in [5.41, 5.74) is 1.13. The van der Waals surface area contributed by atoms with Gasteiger partial charge in [0.25, 0.3) is 5.91 Å². The van der Waals surface area contributed by atoms with Crippen molar-refractivity contribution in [3.63, 3.8) is 0 Å². The third kappa shape index (κ3) is 3.07. The quantitative estimate of drug-likeness (QED) is 0.855. The highest BCUT2D eigenvalue weighted by atomic mass is 16.2. The molecule has 1 atom stereocenters. The van der Waals surface area contributed by atoms with Crippen molar-refractivity contribution in [3.05, 3.63) is 24.0 Å². The zero-order valence-corrected chi connectivity index (χ0v) is 11.8. The number of aromatic nitrogens is 1. The maximum Gasteiger partial charge on any atom is 0.254 e. The second-order valence-corrected chi connectivity index (χ2v) is 4.90. The molecule has 2 N–H and O–H groups in total. The third-order valence-corrected chi connectivity index (χ3v) is 3.47. The number of nitrogens with one attached hydrogen (secondary N) is 2. The summed E-state index contributed by atoms with van der Waals surface area (Å²) in [6, 6.07) is 1.12. The van der Waals surface area contributed by atoms with Crippen LogP contribution in [0, 0.1) is 0 Å². The van der Waals surface area contributed by atoms with E-state index in [0.717, 1.165) is 25.9 Å². The number of carbonyl (C=O) groups excluding carboxylic acids is 2. The number of hydrogen-bond acceptors (Lipinski definition) is 4. The van der Waals surface area contributed by atoms with Crippen LogP contribution in [0.25, 0.3) is 0 Å². The zero-order valence-electron chi connectivity index (χ0n) is 11.8. The fourth-order valence-electron chi connectivity index (χ4n) is 2.34. The van der Waals surface area contributed by atoms with Crippen LogP contribution in [0.15, 0.2) is 18.5 Å². The number of rotatable bonds is 4. The largest absolute Gasteiger partial charge is 0.386 e. The van der Waals surface area contributed by atoms with Crippen molar-refractivity contribution in [2.45, 2.75) is 25.8 Å². The predicted molar refractivity (Wildman–Crippen MR) is 76.5 cm³/mol. The highest BCUT2D eigenvalue weighted by molar-refractivity contribution is 6.01. The molecule has 0 radical (unpaired) electrons. The summed E-state index contributed by atoms with van der Waals surface area (Å²) in [5.74, 6) is -0.285. The van der Waals surface area contributed by atoms with Crippen LogP contribution in [0.2, 0.25) is 0 Å². The number of nitrogens with zero attached hydrogens (tertiary/aromatic N) is 2. The van der Waals surface area contributed by atoms with E-state index in [1.54, 1.807) is 37.3 Å². The number of carbonyl (C=O) groups is 2. The van der Waals surface area contributed by atoms with E-state index in [1.807, 2.05) is 0 Å². The minimum Gasteiger partial charge on any atom is -0.386 e. The average molecular weight is 276 g/mol. The Balaban J connectivity index is 2.01. The van der Waals surface area contributed by atoms with Gasteiger partial charge in [0.2, 0.25) is 5.91 Å². The van der Waals surface area contributed by atoms with Crippen molar-refractivity contribution in [2.24, 2.45) is 0 Å². The normalized spacial score (nSPS) is 15.8. The Hall–Kier alpha value is -2.11. The molecule has 2 rings (SSSR count). The number of pyridine rings is 1. The van der Waals surface area contributed by atoms with Gasteiger partial charge in [-0.15, -0.1) is 0 Å². The van der Waals surface area contributed by atoms with Gasteiger partial charge in [0.05, 0.1) is 17.4 Å². The molecule has 0 saturated carbocycles. The molecule has 1 fully saturated rings. The van der Waals surface area contributed by atoms with E-state index in [-0.39, 0.29) is 11.8 Å². The van der Waals surface area contributed by atoms with Crippen LogP contribution in [-0.2, 0) is 4.79 Å². The first-order valence-corrected chi connectivity index (χ1v) is 6.85. The van der Waals surface area contributed by atoms with Gasteiger partial charge in [0.15, 0.2) is 0 Å². The van der Waals surface area contributed by atoms with E-state index < -0.39 is 6.04 Å². The first-order valence-electron chi connectivity index (χ1n) is 6.85. The summed E-state index contributed by atoms with van der Waals surface area (Å²) in [6.07, 6.45) is 5.23. The summed E-state index contributed by atoms with van der Waals surface area (Å²) >= 11 is 0. The van der Waals surface area contributed by atoms with Crippen LogP contribution in [0.3, 0.4) is 0 Å². The lowest BCUT2D eigenvalue weighted by atomic mass is 10.2. The summed E-state index contributed by atoms with van der Waals surface area (Å²) in [6.45, 7) is 3.30. The summed E-state index contributed by atoms with van der Waals surface area (Å²) in [7, 11) is 1.73. The Morgan fingerprint density at radius 1 is 1.35 bits per heavy atom. The molecular weight excluding hydrogens is 256 g/mol. The topological polar surface area (TPSA) is 74.3 Å². The fraction of sp³-hybridized carbons (Fsp3) is 0.500. The first kappa shape index (κ1) is 14.3. The summed E-state index contributed by atoms with van der Waals surface area (Å²) < 4.78 is 0. The van der Waals surface area contributed by atoms with Crippen molar-refractivity contribution < 1.29 is 9.59 Å². The number of anilines is 1. The minimum absolute atomic E-state index is 0.0177. The highest BCUT2D eigenvalue weighted by Gasteiger charge is 2.25. The molecule has 1 saturated heterocycles. The maximum absolute atomic E-state index is 12.2. The lowest BCUT2D eigenvalue weighted by Crippen LogP contribution is -2.46. The molecule has 1 aliphatic rings. The van der Waals surface area contributed by atoms with Crippen LogP contribution in [0.4, 0.5) is 5.69 Å². The molecule has 108 valence electrons. The Kier molecular flexibility index (Phi) is 4.55. The molecule has 1 aliphatic heterocycles. The van der Waals surface area contributed by atoms with Crippen molar-refractivity contribution in [3.8, 4) is 0 Å². The van der Waals surface area contributed by atoms with Crippen LogP contribution in [-0.4, -0.2) is 47.9 Å². The van der Waals surface area contributed by atoms with Crippen molar-refractivity contribution in [2.75, 3.05) is 25.5 Å². The molecule has 0 bridgehead atoms. The molecule has 0 aliphatic carbocycles. The Bertz CT molecular complexity index is 498. The molecule has 2 amide bonds. The molecule has 0 spiro atoms. The zero-order chi connectivity index (χ0) is 14.5. The van der Waals surface area contributed by atoms with Gasteiger partial charge in [0.1, 0.15) is 6.04 Å². The lowest BCUT2D eigenvalue weighted by molar-refractivity contribution is -0.131. The SMILES string of the molecule is CNc1cnccc1C(=O)NC(C)C(=O)N1CCCC1. The van der Waals surface area contributed by atoms with Gasteiger partial charge in [-0.2, -0.15) is 0 Å². The van der Waals surface area contributed by atoms with Gasteiger partial charge in [-0.05, 0) is 25.8 Å².